The Balaban J connectivity index is 1.61. The minimum atomic E-state index is -0.0283. The Morgan fingerprint density at radius 1 is 1.37 bits per heavy atom. The molecule has 1 saturated heterocycles. The lowest BCUT2D eigenvalue weighted by atomic mass is 10.0. The second kappa shape index (κ2) is 9.86. The molecular weight excluding hydrogens is 384 g/mol. The van der Waals surface area contributed by atoms with Crippen LogP contribution in [0.5, 0.6) is 0 Å². The summed E-state index contributed by atoms with van der Waals surface area (Å²) in [7, 11) is 0. The Bertz CT molecular complexity index is 859. The predicted octanol–water partition coefficient (Wildman–Crippen LogP) is 2.18. The molecule has 0 N–H and O–H groups in total. The maximum absolute atomic E-state index is 12.9. The van der Waals surface area contributed by atoms with Gasteiger partial charge in [-0.3, -0.25) is 14.3 Å². The molecule has 1 unspecified atom stereocenters. The first-order chi connectivity index (χ1) is 14.4. The van der Waals surface area contributed by atoms with Gasteiger partial charge in [0.15, 0.2) is 5.82 Å². The molecule has 1 atom stereocenters. The van der Waals surface area contributed by atoms with E-state index < -0.39 is 0 Å². The second-order valence-corrected chi connectivity index (χ2v) is 8.30. The zero-order chi connectivity index (χ0) is 21.7. The van der Waals surface area contributed by atoms with Crippen LogP contribution in [0.2, 0.25) is 0 Å². The van der Waals surface area contributed by atoms with Gasteiger partial charge in [0.25, 0.3) is 5.91 Å². The normalized spacial score (nSPS) is 16.8. The number of carbonyl (C=O) groups excluding carboxylic acids is 2. The Labute approximate surface area is 177 Å². The maximum Gasteiger partial charge on any atom is 0.257 e. The average molecular weight is 417 g/mol. The van der Waals surface area contributed by atoms with Crippen molar-refractivity contribution in [1.29, 1.82) is 0 Å². The van der Waals surface area contributed by atoms with Gasteiger partial charge in [0.2, 0.25) is 11.8 Å². The maximum atomic E-state index is 12.9. The van der Waals surface area contributed by atoms with Crippen molar-refractivity contribution in [2.24, 2.45) is 5.92 Å². The van der Waals surface area contributed by atoms with Gasteiger partial charge in [0, 0.05) is 58.2 Å². The fourth-order valence-corrected chi connectivity index (χ4v) is 3.86. The third-order valence-corrected chi connectivity index (χ3v) is 5.40. The zero-order valence-corrected chi connectivity index (χ0v) is 18.4. The number of piperidine rings is 1. The highest BCUT2D eigenvalue weighted by Gasteiger charge is 2.30. The molecule has 3 heterocycles. The van der Waals surface area contributed by atoms with Crippen LogP contribution < -0.4 is 0 Å². The van der Waals surface area contributed by atoms with E-state index in [9.17, 15) is 9.59 Å². The summed E-state index contributed by atoms with van der Waals surface area (Å²) >= 11 is 0. The molecule has 0 bridgehead atoms. The highest BCUT2D eigenvalue weighted by atomic mass is 16.5. The van der Waals surface area contributed by atoms with Crippen LogP contribution in [0.4, 0.5) is 0 Å². The number of carbonyl (C=O) groups is 2. The number of nitrogens with zero attached hydrogens (tertiary/aromatic N) is 6. The van der Waals surface area contributed by atoms with Crippen molar-refractivity contribution in [3.8, 4) is 0 Å². The van der Waals surface area contributed by atoms with E-state index in [1.54, 1.807) is 24.0 Å². The van der Waals surface area contributed by atoms with Gasteiger partial charge in [0.1, 0.15) is 0 Å². The standard InChI is InChI=1S/C21H32N6O3/c1-5-26-13-17(12-22-26)21(29)25-9-6-7-18(14-25)27(16(4)28)10-8-19-23-20(30-24-19)11-15(2)3/h12-13,15,18H,5-11,14H2,1-4H3. The van der Waals surface area contributed by atoms with Crippen molar-refractivity contribution in [2.45, 2.75) is 66.0 Å². The van der Waals surface area contributed by atoms with Gasteiger partial charge in [-0.2, -0.15) is 10.1 Å². The smallest absolute Gasteiger partial charge is 0.257 e. The summed E-state index contributed by atoms with van der Waals surface area (Å²) in [5.41, 5.74) is 0.594. The molecule has 1 aliphatic rings. The van der Waals surface area contributed by atoms with E-state index in [1.807, 2.05) is 16.7 Å². The average Bonchev–Trinajstić information content (AvgIpc) is 3.36. The van der Waals surface area contributed by atoms with Crippen LogP contribution in [0.3, 0.4) is 0 Å². The number of likely N-dealkylation sites (tertiary alicyclic amines) is 1. The van der Waals surface area contributed by atoms with E-state index in [2.05, 4.69) is 29.1 Å². The molecule has 3 rings (SSSR count). The van der Waals surface area contributed by atoms with Gasteiger partial charge in [-0.1, -0.05) is 19.0 Å². The molecule has 30 heavy (non-hydrogen) atoms. The molecule has 9 heteroatoms. The van der Waals surface area contributed by atoms with E-state index in [0.717, 1.165) is 25.8 Å². The molecule has 2 aromatic rings. The fraction of sp³-hybridized carbons (Fsp3) is 0.667. The third kappa shape index (κ3) is 5.46. The number of hydrogen-bond donors (Lipinski definition) is 0. The van der Waals surface area contributed by atoms with Crippen molar-refractivity contribution in [2.75, 3.05) is 19.6 Å². The monoisotopic (exact) mass is 416 g/mol. The highest BCUT2D eigenvalue weighted by Crippen LogP contribution is 2.19. The predicted molar refractivity (Wildman–Crippen MR) is 111 cm³/mol. The van der Waals surface area contributed by atoms with Crippen LogP contribution in [0.25, 0.3) is 0 Å². The van der Waals surface area contributed by atoms with Crippen LogP contribution >= 0.6 is 0 Å². The summed E-state index contributed by atoms with van der Waals surface area (Å²) in [5, 5.41) is 8.24. The van der Waals surface area contributed by atoms with E-state index in [0.29, 0.717) is 49.3 Å². The number of aryl methyl sites for hydroxylation is 1. The molecule has 1 aliphatic heterocycles. The van der Waals surface area contributed by atoms with Crippen molar-refractivity contribution < 1.29 is 14.1 Å². The van der Waals surface area contributed by atoms with Gasteiger partial charge in [-0.25, -0.2) is 0 Å². The van der Waals surface area contributed by atoms with Crippen molar-refractivity contribution in [3.63, 3.8) is 0 Å². The van der Waals surface area contributed by atoms with Gasteiger partial charge in [0.05, 0.1) is 11.8 Å². The van der Waals surface area contributed by atoms with Crippen LogP contribution in [0, 0.1) is 5.92 Å². The van der Waals surface area contributed by atoms with Gasteiger partial charge >= 0.3 is 0 Å². The molecule has 2 aromatic heterocycles. The minimum Gasteiger partial charge on any atom is -0.339 e. The molecular formula is C21H32N6O3. The zero-order valence-electron chi connectivity index (χ0n) is 18.4. The quantitative estimate of drug-likeness (QED) is 0.654. The second-order valence-electron chi connectivity index (χ2n) is 8.30. The molecule has 0 spiro atoms. The van der Waals surface area contributed by atoms with Crippen molar-refractivity contribution in [1.82, 2.24) is 29.7 Å². The van der Waals surface area contributed by atoms with E-state index >= 15 is 0 Å². The Morgan fingerprint density at radius 2 is 2.17 bits per heavy atom. The molecule has 0 aliphatic carbocycles. The van der Waals surface area contributed by atoms with Crippen LogP contribution in [0.1, 0.15) is 62.6 Å². The summed E-state index contributed by atoms with van der Waals surface area (Å²) in [6.07, 6.45) is 6.42. The number of rotatable bonds is 8. The van der Waals surface area contributed by atoms with E-state index in [4.69, 9.17) is 4.52 Å². The largest absolute Gasteiger partial charge is 0.339 e. The lowest BCUT2D eigenvalue weighted by Crippen LogP contribution is -2.51. The van der Waals surface area contributed by atoms with E-state index in [-0.39, 0.29) is 17.9 Å². The van der Waals surface area contributed by atoms with E-state index in [1.165, 1.54) is 0 Å². The van der Waals surface area contributed by atoms with Crippen molar-refractivity contribution in [3.05, 3.63) is 29.7 Å². The number of amides is 2. The van der Waals surface area contributed by atoms with Gasteiger partial charge < -0.3 is 14.3 Å². The SMILES string of the molecule is CCn1cc(C(=O)N2CCCC(N(CCc3noc(CC(C)C)n3)C(C)=O)C2)cn1. The molecule has 1 fully saturated rings. The summed E-state index contributed by atoms with van der Waals surface area (Å²) in [5.74, 6) is 1.67. The number of hydrogen-bond acceptors (Lipinski definition) is 6. The molecule has 0 saturated carbocycles. The molecule has 0 aromatic carbocycles. The molecule has 2 amide bonds. The Morgan fingerprint density at radius 3 is 2.83 bits per heavy atom. The summed E-state index contributed by atoms with van der Waals surface area (Å²) in [6.45, 7) is 10.2. The van der Waals surface area contributed by atoms with Crippen molar-refractivity contribution >= 4 is 11.8 Å². The number of aromatic nitrogens is 4. The van der Waals surface area contributed by atoms with Crippen LogP contribution in [-0.4, -0.2) is 67.2 Å². The topological polar surface area (TPSA) is 97.4 Å². The lowest BCUT2D eigenvalue weighted by Gasteiger charge is -2.39. The Kier molecular flexibility index (Phi) is 7.23. The minimum absolute atomic E-state index is 0.000926. The molecule has 164 valence electrons. The fourth-order valence-electron chi connectivity index (χ4n) is 3.86. The third-order valence-electron chi connectivity index (χ3n) is 5.40. The van der Waals surface area contributed by atoms with Gasteiger partial charge in [-0.15, -0.1) is 0 Å². The summed E-state index contributed by atoms with van der Waals surface area (Å²) < 4.78 is 7.04. The first-order valence-corrected chi connectivity index (χ1v) is 10.8. The van der Waals surface area contributed by atoms with Gasteiger partial charge in [-0.05, 0) is 25.7 Å². The summed E-state index contributed by atoms with van der Waals surface area (Å²) in [4.78, 5) is 33.3. The summed E-state index contributed by atoms with van der Waals surface area (Å²) in [6, 6.07) is -0.0107. The lowest BCUT2D eigenvalue weighted by molar-refractivity contribution is -0.132. The van der Waals surface area contributed by atoms with Crippen LogP contribution in [-0.2, 0) is 24.2 Å². The highest BCUT2D eigenvalue weighted by molar-refractivity contribution is 5.93. The van der Waals surface area contributed by atoms with Crippen LogP contribution in [0.15, 0.2) is 16.9 Å². The first kappa shape index (κ1) is 22.0. The first-order valence-electron chi connectivity index (χ1n) is 10.8. The molecule has 9 nitrogen and oxygen atoms in total. The molecule has 0 radical (unpaired) electrons. The Hall–Kier alpha value is -2.71.